The van der Waals surface area contributed by atoms with E-state index in [1.54, 1.807) is 25.0 Å². The molecule has 1 atom stereocenters. The highest BCUT2D eigenvalue weighted by atomic mass is 79.9. The molecule has 2 aromatic carbocycles. The van der Waals surface area contributed by atoms with Gasteiger partial charge in [0.1, 0.15) is 5.75 Å². The fourth-order valence-corrected chi connectivity index (χ4v) is 8.45. The monoisotopic (exact) mass is 618 g/mol. The Morgan fingerprint density at radius 1 is 1.03 bits per heavy atom. The van der Waals surface area contributed by atoms with Crippen molar-refractivity contribution in [3.8, 4) is 5.75 Å². The summed E-state index contributed by atoms with van der Waals surface area (Å²) in [6, 6.07) is 11.3. The smallest absolute Gasteiger partial charge is 0.244 e. The van der Waals surface area contributed by atoms with E-state index in [4.69, 9.17) is 4.74 Å². The van der Waals surface area contributed by atoms with Crippen molar-refractivity contribution >= 4 is 49.1 Å². The van der Waals surface area contributed by atoms with Crippen LogP contribution in [0, 0.1) is 5.92 Å². The molecule has 210 valence electrons. The zero-order valence-electron chi connectivity index (χ0n) is 22.4. The summed E-state index contributed by atoms with van der Waals surface area (Å²) in [7, 11) is -2.21. The average molecular weight is 620 g/mol. The summed E-state index contributed by atoms with van der Waals surface area (Å²) in [5, 5.41) is 0. The van der Waals surface area contributed by atoms with Crippen molar-refractivity contribution in [2.45, 2.75) is 37.5 Å². The minimum Gasteiger partial charge on any atom is -0.495 e. The van der Waals surface area contributed by atoms with Crippen molar-refractivity contribution in [3.63, 3.8) is 0 Å². The van der Waals surface area contributed by atoms with Gasteiger partial charge in [-0.05, 0) is 65.0 Å². The molecule has 39 heavy (non-hydrogen) atoms. The molecular formula is C28H35BrN4O5S. The fourth-order valence-electron chi connectivity index (χ4n) is 5.85. The third-order valence-corrected chi connectivity index (χ3v) is 10.8. The van der Waals surface area contributed by atoms with Crippen molar-refractivity contribution in [2.75, 3.05) is 62.7 Å². The standard InChI is InChI=1S/C28H35BrN4O5S/c1-3-27(34)33-12-10-20-17-22(29)26(18-24(20)33)39(36,37)32-11-6-7-21(19-32)28(35)31-15-13-30(14-16-31)23-8-4-5-9-25(23)38-2/h4-5,8-9,17-18,21H,3,6-7,10-16,19H2,1-2H3/t21-/m1/s1. The Balaban J connectivity index is 1.28. The molecule has 0 aromatic heterocycles. The number of rotatable bonds is 6. The highest BCUT2D eigenvalue weighted by Gasteiger charge is 2.38. The van der Waals surface area contributed by atoms with Gasteiger partial charge in [-0.2, -0.15) is 4.31 Å². The average Bonchev–Trinajstić information content (AvgIpc) is 3.38. The van der Waals surface area contributed by atoms with E-state index in [0.29, 0.717) is 75.1 Å². The normalized spacial score (nSPS) is 20.2. The molecule has 0 bridgehead atoms. The first-order chi connectivity index (χ1) is 18.7. The van der Waals surface area contributed by atoms with Crippen LogP contribution in [-0.4, -0.2) is 82.4 Å². The van der Waals surface area contributed by atoms with Gasteiger partial charge in [-0.15, -0.1) is 0 Å². The number of ether oxygens (including phenoxy) is 1. The maximum atomic E-state index is 13.8. The number of para-hydroxylation sites is 2. The molecule has 3 aliphatic heterocycles. The Morgan fingerprint density at radius 3 is 2.49 bits per heavy atom. The summed E-state index contributed by atoms with van der Waals surface area (Å²) in [6.07, 6.45) is 2.35. The van der Waals surface area contributed by atoms with Crippen molar-refractivity contribution in [1.82, 2.24) is 9.21 Å². The third-order valence-electron chi connectivity index (χ3n) is 8.00. The van der Waals surface area contributed by atoms with E-state index in [1.807, 2.05) is 35.2 Å². The molecule has 0 spiro atoms. The van der Waals surface area contributed by atoms with Crippen LogP contribution >= 0.6 is 15.9 Å². The molecule has 11 heteroatoms. The Morgan fingerprint density at radius 2 is 1.77 bits per heavy atom. The molecule has 5 rings (SSSR count). The molecular weight excluding hydrogens is 584 g/mol. The first-order valence-electron chi connectivity index (χ1n) is 13.5. The number of benzene rings is 2. The number of piperidine rings is 1. The van der Waals surface area contributed by atoms with E-state index in [-0.39, 0.29) is 29.2 Å². The molecule has 2 fully saturated rings. The summed E-state index contributed by atoms with van der Waals surface area (Å²) in [4.78, 5) is 31.8. The molecule has 0 radical (unpaired) electrons. The molecule has 2 aromatic rings. The van der Waals surface area contributed by atoms with Crippen LogP contribution in [0.1, 0.15) is 31.7 Å². The molecule has 2 amide bonds. The van der Waals surface area contributed by atoms with Gasteiger partial charge in [0.05, 0.1) is 23.6 Å². The van der Waals surface area contributed by atoms with Gasteiger partial charge in [-0.1, -0.05) is 19.1 Å². The van der Waals surface area contributed by atoms with Crippen molar-refractivity contribution < 1.29 is 22.7 Å². The molecule has 2 saturated heterocycles. The lowest BCUT2D eigenvalue weighted by molar-refractivity contribution is -0.137. The van der Waals surface area contributed by atoms with Crippen molar-refractivity contribution in [1.29, 1.82) is 0 Å². The SMILES string of the molecule is CCC(=O)N1CCc2cc(Br)c(S(=O)(=O)N3CCC[C@@H](C(=O)N4CCN(c5ccccc5OC)CC4)C3)cc21. The number of nitrogens with zero attached hydrogens (tertiary/aromatic N) is 4. The maximum absolute atomic E-state index is 13.8. The van der Waals surface area contributed by atoms with Gasteiger partial charge < -0.3 is 19.4 Å². The van der Waals surface area contributed by atoms with Crippen LogP contribution in [0.2, 0.25) is 0 Å². The number of halogens is 1. The fraction of sp³-hybridized carbons (Fsp3) is 0.500. The predicted octanol–water partition coefficient (Wildman–Crippen LogP) is 3.51. The summed E-state index contributed by atoms with van der Waals surface area (Å²) in [5.74, 6) is 0.430. The van der Waals surface area contributed by atoms with E-state index in [2.05, 4.69) is 20.8 Å². The molecule has 9 nitrogen and oxygen atoms in total. The van der Waals surface area contributed by atoms with E-state index in [9.17, 15) is 18.0 Å². The summed E-state index contributed by atoms with van der Waals surface area (Å²) in [6.45, 7) is 5.44. The number of carbonyl (C=O) groups is 2. The number of piperazine rings is 1. The van der Waals surface area contributed by atoms with Gasteiger partial charge in [0.15, 0.2) is 0 Å². The number of carbonyl (C=O) groups excluding carboxylic acids is 2. The van der Waals surface area contributed by atoms with Gasteiger partial charge in [-0.25, -0.2) is 8.42 Å². The van der Waals surface area contributed by atoms with Crippen molar-refractivity contribution in [3.05, 3.63) is 46.4 Å². The van der Waals surface area contributed by atoms with Gasteiger partial charge in [0.25, 0.3) is 0 Å². The van der Waals surface area contributed by atoms with Gasteiger partial charge in [0, 0.05) is 62.4 Å². The molecule has 0 unspecified atom stereocenters. The van der Waals surface area contributed by atoms with Gasteiger partial charge in [-0.3, -0.25) is 9.59 Å². The number of methoxy groups -OCH3 is 1. The van der Waals surface area contributed by atoms with Crippen molar-refractivity contribution in [2.24, 2.45) is 5.92 Å². The second-order valence-electron chi connectivity index (χ2n) is 10.2. The van der Waals surface area contributed by atoms with Crippen LogP contribution < -0.4 is 14.5 Å². The minimum atomic E-state index is -3.86. The van der Waals surface area contributed by atoms with Crippen LogP contribution in [0.4, 0.5) is 11.4 Å². The van der Waals surface area contributed by atoms with Crippen LogP contribution in [0.25, 0.3) is 0 Å². The maximum Gasteiger partial charge on any atom is 0.244 e. The van der Waals surface area contributed by atoms with Gasteiger partial charge >= 0.3 is 0 Å². The summed E-state index contributed by atoms with van der Waals surface area (Å²) < 4.78 is 35.0. The Bertz CT molecular complexity index is 1360. The van der Waals surface area contributed by atoms with E-state index < -0.39 is 10.0 Å². The molecule has 3 aliphatic rings. The molecule has 0 aliphatic carbocycles. The third kappa shape index (κ3) is 5.40. The van der Waals surface area contributed by atoms with Crippen LogP contribution in [0.3, 0.4) is 0 Å². The quantitative estimate of drug-likeness (QED) is 0.492. The van der Waals surface area contributed by atoms with Crippen LogP contribution in [0.15, 0.2) is 45.8 Å². The first kappa shape index (κ1) is 27.9. The summed E-state index contributed by atoms with van der Waals surface area (Å²) in [5.41, 5.74) is 2.64. The second-order valence-corrected chi connectivity index (χ2v) is 13.0. The van der Waals surface area contributed by atoms with Gasteiger partial charge in [0.2, 0.25) is 21.8 Å². The highest BCUT2D eigenvalue weighted by Crippen LogP contribution is 2.38. The Hall–Kier alpha value is -2.63. The lowest BCUT2D eigenvalue weighted by Crippen LogP contribution is -2.53. The number of anilines is 2. The van der Waals surface area contributed by atoms with Crippen LogP contribution in [0.5, 0.6) is 5.75 Å². The zero-order valence-corrected chi connectivity index (χ0v) is 24.8. The molecule has 3 heterocycles. The summed E-state index contributed by atoms with van der Waals surface area (Å²) >= 11 is 3.47. The van der Waals surface area contributed by atoms with E-state index in [0.717, 1.165) is 17.0 Å². The largest absolute Gasteiger partial charge is 0.495 e. The minimum absolute atomic E-state index is 0.0160. The topological polar surface area (TPSA) is 90.5 Å². The number of amides is 2. The first-order valence-corrected chi connectivity index (χ1v) is 15.8. The zero-order chi connectivity index (χ0) is 27.7. The lowest BCUT2D eigenvalue weighted by atomic mass is 9.97. The van der Waals surface area contributed by atoms with Crippen LogP contribution in [-0.2, 0) is 26.0 Å². The lowest BCUT2D eigenvalue weighted by Gasteiger charge is -2.39. The molecule has 0 saturated carbocycles. The number of hydrogen-bond acceptors (Lipinski definition) is 6. The second kappa shape index (κ2) is 11.5. The highest BCUT2D eigenvalue weighted by molar-refractivity contribution is 9.10. The Labute approximate surface area is 238 Å². The molecule has 0 N–H and O–H groups in total. The van der Waals surface area contributed by atoms with E-state index in [1.165, 1.54) is 4.31 Å². The Kier molecular flexibility index (Phi) is 8.21. The number of sulfonamides is 1. The number of fused-ring (bicyclic) bond motifs is 1. The van der Waals surface area contributed by atoms with E-state index >= 15 is 0 Å². The number of hydrogen-bond donors (Lipinski definition) is 0. The predicted molar refractivity (Wildman–Crippen MR) is 154 cm³/mol.